The fourth-order valence-corrected chi connectivity index (χ4v) is 26.9. The lowest BCUT2D eigenvalue weighted by Gasteiger charge is -2.37. The van der Waals surface area contributed by atoms with E-state index in [1.165, 1.54) is 0 Å². The molecular formula is C85H134N6O14S2. The number of hydrogen-bond acceptors (Lipinski definition) is 15. The van der Waals surface area contributed by atoms with Gasteiger partial charge in [-0.1, -0.05) is 159 Å². The Morgan fingerprint density at radius 2 is 0.879 bits per heavy atom. The van der Waals surface area contributed by atoms with Crippen LogP contribution in [0, 0.1) is 89.7 Å². The second-order valence-corrected chi connectivity index (χ2v) is 44.9. The SMILES string of the molecule is C=C[C@@H]1C[C@]1(CC(=O)[C@@H]1C[C@@]2(CN1C(=O)[C@@H](CC(=O)[C@@H](N)C1CCCCC1)C(C)(C)C)C(C)(C)C21CCC1)C(=O)NS(=O)(=O)C1(CCC)CC1.C=C[C@@H]1C[C@]1(CC(=O)[C@@H]1C[C@@]2(CN1C(=O)[C@@H](CC(=O)[C@@H](NC(=O)OC(C)(C)C)C1CCCCC1)C(C)(C)C)C(C)(C)C21CCC1)C(=O)NS(=O)(=O)C1(CCC)CC1. The number of nitrogens with zero attached hydrogens (tertiary/aromatic N) is 2. The topological polar surface area (TPSA) is 300 Å². The zero-order valence-electron chi connectivity index (χ0n) is 67.9. The first kappa shape index (κ1) is 83.1. The molecule has 5 N–H and O–H groups in total. The molecule has 10 aliphatic carbocycles. The van der Waals surface area contributed by atoms with E-state index in [1.807, 2.05) is 55.4 Å². The van der Waals surface area contributed by atoms with Crippen LogP contribution in [0.2, 0.25) is 0 Å². The Kier molecular flexibility index (Phi) is 22.3. The van der Waals surface area contributed by atoms with Crippen LogP contribution in [0.3, 0.4) is 0 Å². The summed E-state index contributed by atoms with van der Waals surface area (Å²) in [7, 11) is -7.85. The number of ether oxygens (including phenoxy) is 1. The summed E-state index contributed by atoms with van der Waals surface area (Å²) in [5, 5.41) is 2.91. The molecule has 12 aliphatic rings. The quantitative estimate of drug-likeness (QED) is 0.0506. The molecular weight excluding hydrogens is 1390 g/mol. The Bertz CT molecular complexity index is 3770. The summed E-state index contributed by atoms with van der Waals surface area (Å²) in [6.45, 7) is 38.7. The normalized spacial score (nSPS) is 32.0. The molecule has 2 saturated heterocycles. The van der Waals surface area contributed by atoms with Crippen LogP contribution in [-0.4, -0.2) is 132 Å². The standard InChI is InChI=1S/C45H71N3O8S.C40H63N3O6S/c1-11-19-42(22-23-42)57(54,55)47-37(52)43(25-30(43)12-2)27-34(50)32-26-45(41(9,10)44(45)20-16-21-44)28-48(32)36(51)31(39(3,4)5)24-33(49)35(29-17-14-13-15-18-29)46-38(53)56-40(6,7)8;1-8-16-37(19-20-37)50(48,49)42-34(47)38(22-27(38)9-2)24-31(45)29-23-40(36(6,7)39(40)17-13-18-39)25-43(29)33(46)28(35(3,4)5)21-30(44)32(41)26-14-11-10-12-15-26/h12,29-32,35H,2,11,13-28H2,1,3-10H3,(H,46,53)(H,47,52);9,26-29,32H,2,8,10-25,41H2,1,3-7H3,(H,42,47)/t30-,31-,32+,35+,43-,45-;27-,28-,29+,32+,38-,40-/m11/s1. The van der Waals surface area contributed by atoms with Crippen LogP contribution < -0.4 is 20.5 Å². The third-order valence-electron chi connectivity index (χ3n) is 31.4. The van der Waals surface area contributed by atoms with Gasteiger partial charge in [-0.05, 0) is 193 Å². The van der Waals surface area contributed by atoms with Gasteiger partial charge in [-0.15, -0.1) is 13.2 Å². The van der Waals surface area contributed by atoms with E-state index in [9.17, 15) is 55.2 Å². The highest BCUT2D eigenvalue weighted by Crippen LogP contribution is 2.89. The number of ketones is 4. The van der Waals surface area contributed by atoms with Crippen LogP contribution in [-0.2, 0) is 63.1 Å². The van der Waals surface area contributed by atoms with E-state index in [1.54, 1.807) is 42.7 Å². The molecule has 0 aromatic rings. The van der Waals surface area contributed by atoms with Crippen molar-refractivity contribution in [2.45, 2.75) is 349 Å². The van der Waals surface area contributed by atoms with E-state index in [0.717, 1.165) is 103 Å². The predicted octanol–water partition coefficient (Wildman–Crippen LogP) is 14.1. The predicted molar refractivity (Wildman–Crippen MR) is 413 cm³/mol. The summed E-state index contributed by atoms with van der Waals surface area (Å²) in [5.74, 6) is -4.47. The van der Waals surface area contributed by atoms with Crippen molar-refractivity contribution in [3.8, 4) is 0 Å². The van der Waals surface area contributed by atoms with Crippen molar-refractivity contribution in [2.24, 2.45) is 95.4 Å². The van der Waals surface area contributed by atoms with Gasteiger partial charge in [0.1, 0.15) is 5.60 Å². The fraction of sp³-hybridized carbons (Fsp3) is 0.847. The number of amides is 5. The van der Waals surface area contributed by atoms with Crippen LogP contribution in [0.5, 0.6) is 0 Å². The Balaban J connectivity index is 0.000000215. The number of allylic oxidation sites excluding steroid dienone is 2. The van der Waals surface area contributed by atoms with Crippen molar-refractivity contribution in [3.05, 3.63) is 25.3 Å². The highest BCUT2D eigenvalue weighted by atomic mass is 32.2. The maximum absolute atomic E-state index is 15.2. The molecule has 4 spiro atoms. The van der Waals surface area contributed by atoms with Gasteiger partial charge < -0.3 is 25.6 Å². The molecule has 12 fully saturated rings. The molecule has 22 heteroatoms. The van der Waals surface area contributed by atoms with Crippen LogP contribution in [0.1, 0.15) is 309 Å². The Hall–Kier alpha value is -4.83. The molecule has 107 heavy (non-hydrogen) atoms. The summed E-state index contributed by atoms with van der Waals surface area (Å²) in [6.07, 6.45) is 24.6. The molecule has 0 unspecified atom stereocenters. The number of Topliss-reactive ketones (excluding diaryl/α,β-unsaturated/α-hetero) is 4. The Labute approximate surface area is 641 Å². The molecule has 12 rings (SSSR count). The van der Waals surface area contributed by atoms with Gasteiger partial charge in [-0.25, -0.2) is 21.6 Å². The summed E-state index contributed by atoms with van der Waals surface area (Å²) >= 11 is 0. The summed E-state index contributed by atoms with van der Waals surface area (Å²) < 4.78 is 62.4. The molecule has 2 aliphatic heterocycles. The number of nitrogens with two attached hydrogens (primary N) is 1. The van der Waals surface area contributed by atoms with Gasteiger partial charge in [0.25, 0.3) is 0 Å². The maximum atomic E-state index is 15.2. The molecule has 2 heterocycles. The van der Waals surface area contributed by atoms with Crippen molar-refractivity contribution in [1.29, 1.82) is 0 Å². The summed E-state index contributed by atoms with van der Waals surface area (Å²) in [6, 6.07) is -2.94. The van der Waals surface area contributed by atoms with E-state index in [0.29, 0.717) is 90.1 Å². The van der Waals surface area contributed by atoms with Gasteiger partial charge in [0.15, 0.2) is 23.1 Å². The van der Waals surface area contributed by atoms with Gasteiger partial charge in [-0.2, -0.15) is 0 Å². The molecule has 0 bridgehead atoms. The third kappa shape index (κ3) is 14.3. The van der Waals surface area contributed by atoms with Gasteiger partial charge >= 0.3 is 6.09 Å². The van der Waals surface area contributed by atoms with E-state index in [2.05, 4.69) is 55.6 Å². The zero-order chi connectivity index (χ0) is 78.9. The second-order valence-electron chi connectivity index (χ2n) is 40.7. The van der Waals surface area contributed by atoms with E-state index >= 15 is 4.79 Å². The first-order valence-electron chi connectivity index (χ1n) is 41.5. The minimum absolute atomic E-state index is 0.0221. The monoisotopic (exact) mass is 1530 g/mol. The number of likely N-dealkylation sites (tertiary alicyclic amines) is 2. The molecule has 0 aromatic carbocycles. The third-order valence-corrected chi connectivity index (χ3v) is 35.9. The lowest BCUT2D eigenvalue weighted by atomic mass is 9.73. The Morgan fingerprint density at radius 3 is 1.18 bits per heavy atom. The van der Waals surface area contributed by atoms with Gasteiger partial charge in [0.05, 0.1) is 44.5 Å². The highest BCUT2D eigenvalue weighted by molar-refractivity contribution is 7.92. The Morgan fingerprint density at radius 1 is 0.514 bits per heavy atom. The number of fused-ring (bicyclic) bond motifs is 2. The smallest absolute Gasteiger partial charge is 0.408 e. The fourth-order valence-electron chi connectivity index (χ4n) is 23.3. The largest absolute Gasteiger partial charge is 0.444 e. The van der Waals surface area contributed by atoms with Crippen LogP contribution >= 0.6 is 0 Å². The lowest BCUT2D eigenvalue weighted by molar-refractivity contribution is -0.146. The first-order chi connectivity index (χ1) is 49.6. The first-order valence-corrected chi connectivity index (χ1v) is 44.5. The number of hydrogen-bond donors (Lipinski definition) is 4. The van der Waals surface area contributed by atoms with Crippen molar-refractivity contribution in [2.75, 3.05) is 13.1 Å². The van der Waals surface area contributed by atoms with Gasteiger partial charge in [-0.3, -0.25) is 47.8 Å². The minimum atomic E-state index is -3.95. The number of carbonyl (C=O) groups excluding carboxylic acids is 9. The van der Waals surface area contributed by atoms with Crippen molar-refractivity contribution < 1.29 is 64.7 Å². The average Bonchev–Trinajstić information content (AvgIpc) is 1.46. The molecule has 20 nitrogen and oxygen atoms in total. The molecule has 12 atom stereocenters. The van der Waals surface area contributed by atoms with Gasteiger partial charge in [0, 0.05) is 61.4 Å². The number of sulfonamides is 2. The number of alkyl carbamates (subject to hydrolysis) is 1. The van der Waals surface area contributed by atoms with Crippen LogP contribution in [0.25, 0.3) is 0 Å². The van der Waals surface area contributed by atoms with E-state index in [4.69, 9.17) is 10.5 Å². The van der Waals surface area contributed by atoms with Crippen molar-refractivity contribution >= 4 is 72.9 Å². The maximum Gasteiger partial charge on any atom is 0.408 e. The molecule has 10 saturated carbocycles. The molecule has 600 valence electrons. The van der Waals surface area contributed by atoms with E-state index in [-0.39, 0.29) is 117 Å². The summed E-state index contributed by atoms with van der Waals surface area (Å²) in [5.41, 5.74) is 1.63. The molecule has 5 amide bonds. The average molecular weight is 1530 g/mol. The number of nitrogens with one attached hydrogen (secondary N) is 3. The number of carbonyl (C=O) groups is 9. The molecule has 0 aromatic heterocycles. The minimum Gasteiger partial charge on any atom is -0.444 e. The summed E-state index contributed by atoms with van der Waals surface area (Å²) in [4.78, 5) is 132. The lowest BCUT2D eigenvalue weighted by Crippen LogP contribution is -2.52. The van der Waals surface area contributed by atoms with Crippen LogP contribution in [0.4, 0.5) is 4.79 Å². The second kappa shape index (κ2) is 28.7. The van der Waals surface area contributed by atoms with Gasteiger partial charge in [0.2, 0.25) is 43.7 Å². The number of rotatable bonds is 29. The molecule has 0 radical (unpaired) electrons. The zero-order valence-corrected chi connectivity index (χ0v) is 69.5. The van der Waals surface area contributed by atoms with Crippen molar-refractivity contribution in [1.82, 2.24) is 24.6 Å². The van der Waals surface area contributed by atoms with Crippen molar-refractivity contribution in [3.63, 3.8) is 0 Å². The highest BCUT2D eigenvalue weighted by Gasteiger charge is 2.87. The van der Waals surface area contributed by atoms with E-state index < -0.39 is 111 Å². The van der Waals surface area contributed by atoms with Crippen LogP contribution in [0.15, 0.2) is 25.3 Å².